The van der Waals surface area contributed by atoms with Gasteiger partial charge in [-0.2, -0.15) is 5.10 Å². The van der Waals surface area contributed by atoms with Crippen molar-refractivity contribution in [1.29, 1.82) is 0 Å². The Balaban J connectivity index is 1.55. The fourth-order valence-electron chi connectivity index (χ4n) is 4.00. The van der Waals surface area contributed by atoms with E-state index >= 15 is 0 Å². The van der Waals surface area contributed by atoms with Crippen LogP contribution in [0.4, 0.5) is 0 Å². The monoisotopic (exact) mass is 430 g/mol. The van der Waals surface area contributed by atoms with Crippen molar-refractivity contribution in [2.75, 3.05) is 32.8 Å². The Morgan fingerprint density at radius 2 is 1.97 bits per heavy atom. The van der Waals surface area contributed by atoms with Crippen molar-refractivity contribution in [2.24, 2.45) is 0 Å². The third kappa shape index (κ3) is 4.71. The zero-order chi connectivity index (χ0) is 21.3. The Morgan fingerprint density at radius 3 is 2.60 bits per heavy atom. The van der Waals surface area contributed by atoms with Crippen LogP contribution in [0.1, 0.15) is 67.3 Å². The Bertz CT molecular complexity index is 895. The van der Waals surface area contributed by atoms with E-state index < -0.39 is 0 Å². The Hall–Kier alpha value is -1.89. The first-order valence-corrected chi connectivity index (χ1v) is 11.2. The lowest BCUT2D eigenvalue weighted by atomic mass is 10.0. The molecule has 4 rings (SSSR count). The molecule has 1 atom stereocenters. The lowest BCUT2D eigenvalue weighted by molar-refractivity contribution is 0.0162. The summed E-state index contributed by atoms with van der Waals surface area (Å²) in [6, 6.07) is 9.84. The molecule has 2 heterocycles. The van der Waals surface area contributed by atoms with Crippen LogP contribution in [0.15, 0.2) is 30.3 Å². The van der Waals surface area contributed by atoms with E-state index in [-0.39, 0.29) is 17.5 Å². The van der Waals surface area contributed by atoms with Crippen molar-refractivity contribution < 1.29 is 9.53 Å². The molecular weight excluding hydrogens is 400 g/mol. The van der Waals surface area contributed by atoms with E-state index in [9.17, 15) is 4.79 Å². The van der Waals surface area contributed by atoms with E-state index in [0.29, 0.717) is 31.4 Å². The topological polar surface area (TPSA) is 59.4 Å². The quantitative estimate of drug-likeness (QED) is 0.753. The second kappa shape index (κ2) is 8.69. The van der Waals surface area contributed by atoms with Crippen molar-refractivity contribution in [3.8, 4) is 0 Å². The fourth-order valence-corrected chi connectivity index (χ4v) is 4.26. The number of amides is 1. The van der Waals surface area contributed by atoms with Gasteiger partial charge in [-0.1, -0.05) is 29.8 Å². The number of halogens is 1. The van der Waals surface area contributed by atoms with Crippen LogP contribution in [0, 0.1) is 0 Å². The first-order valence-electron chi connectivity index (χ1n) is 10.8. The van der Waals surface area contributed by atoms with Crippen LogP contribution < -0.4 is 5.32 Å². The predicted octanol–water partition coefficient (Wildman–Crippen LogP) is 3.97. The first kappa shape index (κ1) is 21.3. The van der Waals surface area contributed by atoms with Gasteiger partial charge in [-0.15, -0.1) is 0 Å². The number of ether oxygens (including phenoxy) is 1. The van der Waals surface area contributed by atoms with Gasteiger partial charge in [0.2, 0.25) is 0 Å². The maximum Gasteiger partial charge on any atom is 0.269 e. The maximum absolute atomic E-state index is 13.2. The molecule has 0 bridgehead atoms. The molecule has 7 heteroatoms. The van der Waals surface area contributed by atoms with E-state index in [0.717, 1.165) is 42.2 Å². The number of nitrogens with one attached hydrogen (secondary N) is 1. The third-order valence-electron chi connectivity index (χ3n) is 5.80. The molecule has 1 saturated heterocycles. The van der Waals surface area contributed by atoms with Crippen molar-refractivity contribution in [2.45, 2.75) is 51.1 Å². The van der Waals surface area contributed by atoms with Crippen molar-refractivity contribution >= 4 is 17.5 Å². The zero-order valence-corrected chi connectivity index (χ0v) is 18.8. The summed E-state index contributed by atoms with van der Waals surface area (Å²) in [5.74, 6) is 0.416. The van der Waals surface area contributed by atoms with E-state index in [4.69, 9.17) is 21.4 Å². The van der Waals surface area contributed by atoms with Gasteiger partial charge in [-0.25, -0.2) is 0 Å². The maximum atomic E-state index is 13.2. The molecule has 1 unspecified atom stereocenters. The zero-order valence-electron chi connectivity index (χ0n) is 18.0. The van der Waals surface area contributed by atoms with Gasteiger partial charge in [0.15, 0.2) is 0 Å². The number of carbonyl (C=O) groups is 1. The van der Waals surface area contributed by atoms with Gasteiger partial charge in [0.05, 0.1) is 30.5 Å². The van der Waals surface area contributed by atoms with Gasteiger partial charge in [0, 0.05) is 30.6 Å². The normalized spacial score (nSPS) is 18.9. The molecule has 1 aliphatic carbocycles. The van der Waals surface area contributed by atoms with E-state index in [1.807, 2.05) is 35.0 Å². The van der Waals surface area contributed by atoms with E-state index in [2.05, 4.69) is 31.0 Å². The molecule has 1 aromatic heterocycles. The number of aromatic nitrogens is 2. The summed E-state index contributed by atoms with van der Waals surface area (Å²) in [7, 11) is 0. The van der Waals surface area contributed by atoms with Crippen LogP contribution in [-0.4, -0.2) is 53.4 Å². The summed E-state index contributed by atoms with van der Waals surface area (Å²) < 4.78 is 7.39. The summed E-state index contributed by atoms with van der Waals surface area (Å²) in [6.07, 6.45) is 2.32. The molecular formula is C23H31ClN4O2. The van der Waals surface area contributed by atoms with Crippen LogP contribution >= 0.6 is 11.6 Å². The van der Waals surface area contributed by atoms with Gasteiger partial charge < -0.3 is 10.1 Å². The molecule has 1 amide bonds. The minimum atomic E-state index is -0.258. The highest BCUT2D eigenvalue weighted by Crippen LogP contribution is 2.40. The molecule has 1 saturated carbocycles. The third-order valence-corrected chi connectivity index (χ3v) is 6.14. The minimum absolute atomic E-state index is 0.000427. The molecule has 1 aromatic carbocycles. The van der Waals surface area contributed by atoms with E-state index in [1.165, 1.54) is 0 Å². The molecule has 2 fully saturated rings. The van der Waals surface area contributed by atoms with Crippen LogP contribution in [0.3, 0.4) is 0 Å². The van der Waals surface area contributed by atoms with Gasteiger partial charge in [0.25, 0.3) is 5.91 Å². The van der Waals surface area contributed by atoms with E-state index in [1.54, 1.807) is 0 Å². The SMILES string of the molecule is CC(C)(C)n1nc(C2CC2)cc1C(=O)NCC(c1ccccc1Cl)N1CCOCC1. The summed E-state index contributed by atoms with van der Waals surface area (Å²) in [5.41, 5.74) is 2.44. The lowest BCUT2D eigenvalue weighted by Crippen LogP contribution is -2.44. The highest BCUT2D eigenvalue weighted by Gasteiger charge is 2.32. The molecule has 162 valence electrons. The van der Waals surface area contributed by atoms with Crippen LogP contribution in [0.2, 0.25) is 5.02 Å². The largest absolute Gasteiger partial charge is 0.379 e. The van der Waals surface area contributed by atoms with Gasteiger partial charge >= 0.3 is 0 Å². The molecule has 1 N–H and O–H groups in total. The Labute approximate surface area is 183 Å². The number of benzene rings is 1. The molecule has 30 heavy (non-hydrogen) atoms. The van der Waals surface area contributed by atoms with Crippen LogP contribution in [0.5, 0.6) is 0 Å². The summed E-state index contributed by atoms with van der Waals surface area (Å²) in [5, 5.41) is 8.65. The Morgan fingerprint density at radius 1 is 1.27 bits per heavy atom. The smallest absolute Gasteiger partial charge is 0.269 e. The number of hydrogen-bond donors (Lipinski definition) is 1. The molecule has 6 nitrogen and oxygen atoms in total. The summed E-state index contributed by atoms with van der Waals surface area (Å²) in [6.45, 7) is 9.73. The van der Waals surface area contributed by atoms with Crippen LogP contribution in [0.25, 0.3) is 0 Å². The van der Waals surface area contributed by atoms with Crippen molar-refractivity contribution in [3.63, 3.8) is 0 Å². The van der Waals surface area contributed by atoms with Crippen molar-refractivity contribution in [3.05, 3.63) is 52.3 Å². The number of morpholine rings is 1. The van der Waals surface area contributed by atoms with Gasteiger partial charge in [-0.05, 0) is 51.3 Å². The summed E-state index contributed by atoms with van der Waals surface area (Å²) >= 11 is 6.52. The predicted molar refractivity (Wildman–Crippen MR) is 118 cm³/mol. The average Bonchev–Trinajstić information content (AvgIpc) is 3.47. The first-order chi connectivity index (χ1) is 14.3. The molecule has 0 radical (unpaired) electrons. The molecule has 2 aromatic rings. The van der Waals surface area contributed by atoms with Gasteiger partial charge in [0.1, 0.15) is 5.69 Å². The minimum Gasteiger partial charge on any atom is -0.379 e. The number of nitrogens with zero attached hydrogens (tertiary/aromatic N) is 3. The standard InChI is InChI=1S/C23H31ClN4O2/c1-23(2,3)28-20(14-19(26-28)16-8-9-16)22(29)25-15-21(27-10-12-30-13-11-27)17-6-4-5-7-18(17)24/h4-7,14,16,21H,8-13,15H2,1-3H3,(H,25,29). The molecule has 0 spiro atoms. The summed E-state index contributed by atoms with van der Waals surface area (Å²) in [4.78, 5) is 15.6. The Kier molecular flexibility index (Phi) is 6.19. The molecule has 1 aliphatic heterocycles. The molecule has 2 aliphatic rings. The lowest BCUT2D eigenvalue weighted by Gasteiger charge is -2.35. The number of hydrogen-bond acceptors (Lipinski definition) is 4. The number of rotatable bonds is 6. The second-order valence-electron chi connectivity index (χ2n) is 9.21. The highest BCUT2D eigenvalue weighted by molar-refractivity contribution is 6.31. The van der Waals surface area contributed by atoms with Gasteiger partial charge in [-0.3, -0.25) is 14.4 Å². The average molecular weight is 431 g/mol. The number of carbonyl (C=O) groups excluding carboxylic acids is 1. The second-order valence-corrected chi connectivity index (χ2v) is 9.61. The highest BCUT2D eigenvalue weighted by atomic mass is 35.5. The van der Waals surface area contributed by atoms with Crippen LogP contribution in [-0.2, 0) is 10.3 Å². The van der Waals surface area contributed by atoms with Crippen molar-refractivity contribution in [1.82, 2.24) is 20.0 Å². The fraction of sp³-hybridized carbons (Fsp3) is 0.565.